The molecule has 0 saturated carbocycles. The molecule has 1 aliphatic carbocycles. The second-order valence-electron chi connectivity index (χ2n) is 8.59. The van der Waals surface area contributed by atoms with Crippen LogP contribution in [0.25, 0.3) is 0 Å². The van der Waals surface area contributed by atoms with Crippen molar-refractivity contribution in [3.05, 3.63) is 46.6 Å². The van der Waals surface area contributed by atoms with E-state index < -0.39 is 41.6 Å². The van der Waals surface area contributed by atoms with Crippen LogP contribution in [0.5, 0.6) is 0 Å². The molecule has 2 aliphatic rings. The van der Waals surface area contributed by atoms with Crippen LogP contribution in [-0.4, -0.2) is 35.7 Å². The summed E-state index contributed by atoms with van der Waals surface area (Å²) in [4.78, 5) is 38.3. The summed E-state index contributed by atoms with van der Waals surface area (Å²) in [6.45, 7) is 12.3. The van der Waals surface area contributed by atoms with Crippen LogP contribution in [0.1, 0.15) is 67.7 Å². The molecule has 0 bridgehead atoms. The van der Waals surface area contributed by atoms with Crippen molar-refractivity contribution >= 4 is 17.9 Å². The molecule has 0 unspecified atom stereocenters. The van der Waals surface area contributed by atoms with E-state index in [1.807, 2.05) is 19.9 Å². The minimum absolute atomic E-state index is 0.387. The van der Waals surface area contributed by atoms with Crippen molar-refractivity contribution in [2.24, 2.45) is 5.92 Å². The van der Waals surface area contributed by atoms with E-state index in [2.05, 4.69) is 6.08 Å². The fourth-order valence-corrected chi connectivity index (χ4v) is 3.87. The molecule has 1 saturated heterocycles. The van der Waals surface area contributed by atoms with Crippen LogP contribution in [0.3, 0.4) is 0 Å². The number of fused-ring (bicyclic) bond motifs is 1. The Labute approximate surface area is 185 Å². The average Bonchev–Trinajstić information content (AvgIpc) is 2.94. The molecule has 6 heteroatoms. The molecule has 0 amide bonds. The zero-order valence-electron chi connectivity index (χ0n) is 19.6. The highest BCUT2D eigenvalue weighted by molar-refractivity contribution is 5.92. The normalized spacial score (nSPS) is 33.3. The van der Waals surface area contributed by atoms with E-state index in [0.29, 0.717) is 17.6 Å². The number of allylic oxidation sites excluding steroid dienone is 4. The maximum atomic E-state index is 13.0. The fourth-order valence-electron chi connectivity index (χ4n) is 3.87. The Bertz CT molecular complexity index is 859. The molecule has 0 aromatic carbocycles. The summed E-state index contributed by atoms with van der Waals surface area (Å²) in [5.74, 6) is -2.38. The zero-order chi connectivity index (χ0) is 23.3. The number of hydrogen-bond acceptors (Lipinski definition) is 6. The molecular formula is C25H34O6. The van der Waals surface area contributed by atoms with Gasteiger partial charge in [0.25, 0.3) is 0 Å². The number of carbonyl (C=O) groups excluding carboxylic acids is 3. The van der Waals surface area contributed by atoms with Crippen molar-refractivity contribution in [2.45, 2.75) is 85.5 Å². The Morgan fingerprint density at radius 2 is 1.71 bits per heavy atom. The first kappa shape index (κ1) is 24.6. The van der Waals surface area contributed by atoms with Crippen LogP contribution in [0.4, 0.5) is 0 Å². The quantitative estimate of drug-likeness (QED) is 0.277. The second kappa shape index (κ2) is 10.1. The average molecular weight is 431 g/mol. The number of hydrogen-bond donors (Lipinski definition) is 0. The topological polar surface area (TPSA) is 78.9 Å². The lowest BCUT2D eigenvalue weighted by Gasteiger charge is -2.34. The van der Waals surface area contributed by atoms with E-state index in [9.17, 15) is 14.4 Å². The van der Waals surface area contributed by atoms with Gasteiger partial charge in [0.15, 0.2) is 0 Å². The lowest BCUT2D eigenvalue weighted by Crippen LogP contribution is -2.49. The zero-order valence-corrected chi connectivity index (χ0v) is 19.6. The number of esters is 3. The van der Waals surface area contributed by atoms with E-state index in [0.717, 1.165) is 24.0 Å². The van der Waals surface area contributed by atoms with Gasteiger partial charge in [-0.3, -0.25) is 0 Å². The Kier molecular flexibility index (Phi) is 8.04. The molecule has 0 radical (unpaired) electrons. The van der Waals surface area contributed by atoms with Gasteiger partial charge in [0.1, 0.15) is 12.2 Å². The van der Waals surface area contributed by atoms with Crippen LogP contribution in [-0.2, 0) is 28.6 Å². The van der Waals surface area contributed by atoms with E-state index >= 15 is 0 Å². The third-order valence-corrected chi connectivity index (χ3v) is 6.12. The van der Waals surface area contributed by atoms with Crippen molar-refractivity contribution < 1.29 is 28.6 Å². The van der Waals surface area contributed by atoms with Crippen LogP contribution >= 0.6 is 0 Å². The van der Waals surface area contributed by atoms with Gasteiger partial charge in [-0.25, -0.2) is 14.4 Å². The van der Waals surface area contributed by atoms with Gasteiger partial charge in [0, 0.05) is 17.6 Å². The molecule has 0 aromatic rings. The molecule has 0 N–H and O–H groups in total. The van der Waals surface area contributed by atoms with Crippen LogP contribution < -0.4 is 0 Å². The first-order valence-electron chi connectivity index (χ1n) is 10.8. The van der Waals surface area contributed by atoms with Crippen molar-refractivity contribution in [2.75, 3.05) is 0 Å². The largest absolute Gasteiger partial charge is 0.458 e. The molecule has 0 spiro atoms. The summed E-state index contributed by atoms with van der Waals surface area (Å²) in [5.41, 5.74) is 1.37. The van der Waals surface area contributed by atoms with Crippen molar-refractivity contribution in [3.8, 4) is 0 Å². The molecule has 170 valence electrons. The Morgan fingerprint density at radius 3 is 2.32 bits per heavy atom. The fraction of sp³-hybridized carbons (Fsp3) is 0.560. The monoisotopic (exact) mass is 430 g/mol. The van der Waals surface area contributed by atoms with Gasteiger partial charge in [-0.1, -0.05) is 29.4 Å². The molecular weight excluding hydrogens is 396 g/mol. The van der Waals surface area contributed by atoms with Gasteiger partial charge in [0.05, 0.1) is 5.92 Å². The molecule has 1 heterocycles. The summed E-state index contributed by atoms with van der Waals surface area (Å²) in [7, 11) is 0. The van der Waals surface area contributed by atoms with Gasteiger partial charge >= 0.3 is 17.9 Å². The van der Waals surface area contributed by atoms with Crippen molar-refractivity contribution in [1.29, 1.82) is 0 Å². The molecule has 1 aliphatic heterocycles. The Balaban J connectivity index is 2.57. The van der Waals surface area contributed by atoms with Gasteiger partial charge in [0.2, 0.25) is 5.60 Å². The van der Waals surface area contributed by atoms with E-state index in [1.165, 1.54) is 0 Å². The van der Waals surface area contributed by atoms with E-state index in [1.54, 1.807) is 46.8 Å². The minimum Gasteiger partial charge on any atom is -0.458 e. The smallest absolute Gasteiger partial charge is 0.351 e. The number of ether oxygens (including phenoxy) is 3. The summed E-state index contributed by atoms with van der Waals surface area (Å²) < 4.78 is 17.3. The van der Waals surface area contributed by atoms with Crippen LogP contribution in [0, 0.1) is 5.92 Å². The van der Waals surface area contributed by atoms with Gasteiger partial charge in [-0.05, 0) is 67.4 Å². The highest BCUT2D eigenvalue weighted by Gasteiger charge is 2.60. The lowest BCUT2D eigenvalue weighted by atomic mass is 9.79. The van der Waals surface area contributed by atoms with Crippen molar-refractivity contribution in [3.63, 3.8) is 0 Å². The third kappa shape index (κ3) is 5.54. The van der Waals surface area contributed by atoms with Gasteiger partial charge in [-0.15, -0.1) is 0 Å². The van der Waals surface area contributed by atoms with E-state index in [-0.39, 0.29) is 0 Å². The number of carbonyl (C=O) groups is 3. The third-order valence-electron chi connectivity index (χ3n) is 6.12. The highest BCUT2D eigenvalue weighted by atomic mass is 16.6. The highest BCUT2D eigenvalue weighted by Crippen LogP contribution is 2.43. The summed E-state index contributed by atoms with van der Waals surface area (Å²) in [6.07, 6.45) is 8.06. The Morgan fingerprint density at radius 1 is 1.10 bits per heavy atom. The summed E-state index contributed by atoms with van der Waals surface area (Å²) >= 11 is 0. The molecule has 2 rings (SSSR count). The predicted molar refractivity (Wildman–Crippen MR) is 118 cm³/mol. The van der Waals surface area contributed by atoms with Crippen LogP contribution in [0.15, 0.2) is 46.6 Å². The van der Waals surface area contributed by atoms with Gasteiger partial charge < -0.3 is 14.2 Å². The molecule has 4 atom stereocenters. The number of rotatable bonds is 4. The van der Waals surface area contributed by atoms with Crippen molar-refractivity contribution in [1.82, 2.24) is 0 Å². The van der Waals surface area contributed by atoms with Gasteiger partial charge in [-0.2, -0.15) is 0 Å². The first-order valence-corrected chi connectivity index (χ1v) is 10.8. The maximum Gasteiger partial charge on any atom is 0.351 e. The predicted octanol–water partition coefficient (Wildman–Crippen LogP) is 4.75. The van der Waals surface area contributed by atoms with Crippen LogP contribution in [0.2, 0.25) is 0 Å². The molecule has 6 nitrogen and oxygen atoms in total. The van der Waals surface area contributed by atoms with E-state index in [4.69, 9.17) is 14.2 Å². The summed E-state index contributed by atoms with van der Waals surface area (Å²) in [5, 5.41) is 0. The molecule has 31 heavy (non-hydrogen) atoms. The lowest BCUT2D eigenvalue weighted by molar-refractivity contribution is -0.174. The maximum absolute atomic E-state index is 13.0. The molecule has 1 fully saturated rings. The minimum atomic E-state index is -1.59. The molecule has 0 aromatic heterocycles. The Hall–Kier alpha value is -2.63. The standard InChI is InChI=1S/C25H34O6/c1-8-17(5)22(26)29-19-13-15(3)11-10-12-16(4)14-20-21(19)25(7,24(28)30-20)31-23(27)18(6)9-2/h8-9,12-13,19-21H,10-11,14H2,1-7H3/b15-13+,16-12+,17-8-,18-9-/t19-,20+,21-,25+/m0/s1. The first-order chi connectivity index (χ1) is 14.5. The SMILES string of the molecule is C/C=C(/C)C(=O)O[C@H]1/C=C(\C)CC/C=C(\C)C[C@H]2OC(=O)[C@](C)(OC(=O)/C(C)=C\C)[C@@H]12. The second-order valence-corrected chi connectivity index (χ2v) is 8.59. The summed E-state index contributed by atoms with van der Waals surface area (Å²) in [6, 6.07) is 0.